The predicted molar refractivity (Wildman–Crippen MR) is 80.4 cm³/mol. The number of nitrogens with one attached hydrogen (secondary N) is 1. The molecule has 0 saturated heterocycles. The van der Waals surface area contributed by atoms with Gasteiger partial charge in [-0.25, -0.2) is 0 Å². The molecular weight excluding hydrogens is 234 g/mol. The van der Waals surface area contributed by atoms with Crippen LogP contribution in [0.4, 0.5) is 0 Å². The van der Waals surface area contributed by atoms with E-state index in [1.54, 1.807) is 0 Å². The van der Waals surface area contributed by atoms with Crippen LogP contribution in [0.5, 0.6) is 0 Å². The molecule has 1 aliphatic carbocycles. The first-order chi connectivity index (χ1) is 9.16. The summed E-state index contributed by atoms with van der Waals surface area (Å²) in [6, 6.07) is 9.09. The molecular formula is C17H27NO. The largest absolute Gasteiger partial charge is 0.369 e. The number of ether oxygens (including phenoxy) is 1. The Labute approximate surface area is 117 Å². The standard InChI is InChI=1S/C17H27NO/c1-13(2)18-12-17(19-15-9-5-6-10-15)16-11-7-4-8-14(16)3/h4,7-8,11,13,15,17-18H,5-6,9-10,12H2,1-3H3. The Morgan fingerprint density at radius 2 is 1.89 bits per heavy atom. The molecule has 1 fully saturated rings. The first-order valence-electron chi connectivity index (χ1n) is 7.61. The maximum Gasteiger partial charge on any atom is 0.0955 e. The molecule has 0 amide bonds. The second-order valence-corrected chi connectivity index (χ2v) is 5.95. The molecule has 106 valence electrons. The van der Waals surface area contributed by atoms with Gasteiger partial charge in [-0.05, 0) is 30.9 Å². The van der Waals surface area contributed by atoms with Crippen LogP contribution in [-0.2, 0) is 4.74 Å². The fourth-order valence-electron chi connectivity index (χ4n) is 2.78. The molecule has 1 N–H and O–H groups in total. The monoisotopic (exact) mass is 261 g/mol. The van der Waals surface area contributed by atoms with Gasteiger partial charge in [0.05, 0.1) is 12.2 Å². The van der Waals surface area contributed by atoms with Crippen molar-refractivity contribution in [2.24, 2.45) is 0 Å². The van der Waals surface area contributed by atoms with E-state index < -0.39 is 0 Å². The number of hydrogen-bond donors (Lipinski definition) is 1. The van der Waals surface area contributed by atoms with Crippen molar-refractivity contribution in [2.75, 3.05) is 6.54 Å². The van der Waals surface area contributed by atoms with Crippen molar-refractivity contribution < 1.29 is 4.74 Å². The van der Waals surface area contributed by atoms with Crippen molar-refractivity contribution in [3.63, 3.8) is 0 Å². The van der Waals surface area contributed by atoms with Crippen molar-refractivity contribution in [1.82, 2.24) is 5.32 Å². The Balaban J connectivity index is 2.06. The summed E-state index contributed by atoms with van der Waals surface area (Å²) in [5.74, 6) is 0. The predicted octanol–water partition coefficient (Wildman–Crippen LogP) is 3.99. The van der Waals surface area contributed by atoms with Crippen LogP contribution in [0.3, 0.4) is 0 Å². The zero-order chi connectivity index (χ0) is 13.7. The van der Waals surface area contributed by atoms with Crippen molar-refractivity contribution >= 4 is 0 Å². The minimum absolute atomic E-state index is 0.187. The van der Waals surface area contributed by atoms with Crippen LogP contribution < -0.4 is 5.32 Å². The summed E-state index contributed by atoms with van der Waals surface area (Å²) < 4.78 is 6.37. The average Bonchev–Trinajstić information content (AvgIpc) is 2.88. The summed E-state index contributed by atoms with van der Waals surface area (Å²) in [6.07, 6.45) is 5.74. The fourth-order valence-corrected chi connectivity index (χ4v) is 2.78. The lowest BCUT2D eigenvalue weighted by Crippen LogP contribution is -2.31. The van der Waals surface area contributed by atoms with Crippen LogP contribution in [0.2, 0.25) is 0 Å². The molecule has 1 saturated carbocycles. The zero-order valence-electron chi connectivity index (χ0n) is 12.5. The molecule has 0 bridgehead atoms. The highest BCUT2D eigenvalue weighted by Crippen LogP contribution is 2.29. The van der Waals surface area contributed by atoms with Gasteiger partial charge in [0.1, 0.15) is 0 Å². The second-order valence-electron chi connectivity index (χ2n) is 5.95. The maximum absolute atomic E-state index is 6.37. The van der Waals surface area contributed by atoms with Crippen molar-refractivity contribution in [3.05, 3.63) is 35.4 Å². The molecule has 2 rings (SSSR count). The first-order valence-corrected chi connectivity index (χ1v) is 7.61. The second kappa shape index (κ2) is 7.06. The molecule has 1 unspecified atom stereocenters. The van der Waals surface area contributed by atoms with Crippen LogP contribution in [0.15, 0.2) is 24.3 Å². The normalized spacial score (nSPS) is 18.1. The number of benzene rings is 1. The molecule has 1 aromatic carbocycles. The Morgan fingerprint density at radius 3 is 2.53 bits per heavy atom. The first kappa shape index (κ1) is 14.5. The topological polar surface area (TPSA) is 21.3 Å². The van der Waals surface area contributed by atoms with Crippen molar-refractivity contribution in [2.45, 2.75) is 64.7 Å². The van der Waals surface area contributed by atoms with Crippen LogP contribution in [0.1, 0.15) is 56.8 Å². The zero-order valence-corrected chi connectivity index (χ0v) is 12.5. The Kier molecular flexibility index (Phi) is 5.41. The van der Waals surface area contributed by atoms with Gasteiger partial charge in [0, 0.05) is 12.6 Å². The highest BCUT2D eigenvalue weighted by molar-refractivity contribution is 5.28. The van der Waals surface area contributed by atoms with E-state index in [0.717, 1.165) is 6.54 Å². The van der Waals surface area contributed by atoms with Crippen LogP contribution >= 0.6 is 0 Å². The van der Waals surface area contributed by atoms with E-state index in [9.17, 15) is 0 Å². The van der Waals surface area contributed by atoms with Gasteiger partial charge in [0.25, 0.3) is 0 Å². The highest BCUT2D eigenvalue weighted by Gasteiger charge is 2.22. The van der Waals surface area contributed by atoms with E-state index in [1.807, 2.05) is 0 Å². The lowest BCUT2D eigenvalue weighted by molar-refractivity contribution is -0.00987. The average molecular weight is 261 g/mol. The van der Waals surface area contributed by atoms with E-state index in [-0.39, 0.29) is 6.10 Å². The van der Waals surface area contributed by atoms with Gasteiger partial charge in [-0.3, -0.25) is 0 Å². The minimum Gasteiger partial charge on any atom is -0.369 e. The summed E-state index contributed by atoms with van der Waals surface area (Å²) >= 11 is 0. The molecule has 0 aromatic heterocycles. The van der Waals surface area contributed by atoms with Gasteiger partial charge >= 0.3 is 0 Å². The van der Waals surface area contributed by atoms with Gasteiger partial charge < -0.3 is 10.1 Å². The molecule has 0 spiro atoms. The Bertz CT molecular complexity index is 383. The van der Waals surface area contributed by atoms with Crippen LogP contribution in [0.25, 0.3) is 0 Å². The fraction of sp³-hybridized carbons (Fsp3) is 0.647. The molecule has 0 radical (unpaired) electrons. The SMILES string of the molecule is Cc1ccccc1C(CNC(C)C)OC1CCCC1. The molecule has 2 heteroatoms. The van der Waals surface area contributed by atoms with E-state index >= 15 is 0 Å². The molecule has 0 heterocycles. The maximum atomic E-state index is 6.37. The Morgan fingerprint density at radius 1 is 1.21 bits per heavy atom. The molecule has 1 atom stereocenters. The van der Waals surface area contributed by atoms with Gasteiger partial charge in [-0.15, -0.1) is 0 Å². The van der Waals surface area contributed by atoms with Crippen molar-refractivity contribution in [1.29, 1.82) is 0 Å². The van der Waals surface area contributed by atoms with Crippen LogP contribution in [-0.4, -0.2) is 18.7 Å². The van der Waals surface area contributed by atoms with Gasteiger partial charge in [0.2, 0.25) is 0 Å². The summed E-state index contributed by atoms with van der Waals surface area (Å²) in [6.45, 7) is 7.45. The van der Waals surface area contributed by atoms with Crippen molar-refractivity contribution in [3.8, 4) is 0 Å². The van der Waals surface area contributed by atoms with Crippen LogP contribution in [0, 0.1) is 6.92 Å². The third-order valence-corrected chi connectivity index (χ3v) is 3.91. The molecule has 19 heavy (non-hydrogen) atoms. The van der Waals surface area contributed by atoms with E-state index in [1.165, 1.54) is 36.8 Å². The third kappa shape index (κ3) is 4.32. The molecule has 1 aliphatic rings. The van der Waals surface area contributed by atoms with Gasteiger partial charge in [0.15, 0.2) is 0 Å². The van der Waals surface area contributed by atoms with E-state index in [2.05, 4.69) is 50.4 Å². The van der Waals surface area contributed by atoms with E-state index in [0.29, 0.717) is 12.1 Å². The number of aryl methyl sites for hydroxylation is 1. The summed E-state index contributed by atoms with van der Waals surface area (Å²) in [4.78, 5) is 0. The summed E-state index contributed by atoms with van der Waals surface area (Å²) in [5.41, 5.74) is 2.67. The highest BCUT2D eigenvalue weighted by atomic mass is 16.5. The molecule has 0 aliphatic heterocycles. The van der Waals surface area contributed by atoms with Gasteiger partial charge in [-0.2, -0.15) is 0 Å². The number of rotatable bonds is 6. The smallest absolute Gasteiger partial charge is 0.0955 e. The summed E-state index contributed by atoms with van der Waals surface area (Å²) in [5, 5.41) is 3.52. The van der Waals surface area contributed by atoms with Gasteiger partial charge in [-0.1, -0.05) is 51.0 Å². The lowest BCUT2D eigenvalue weighted by atomic mass is 10.0. The Hall–Kier alpha value is -0.860. The quantitative estimate of drug-likeness (QED) is 0.836. The third-order valence-electron chi connectivity index (χ3n) is 3.91. The number of hydrogen-bond acceptors (Lipinski definition) is 2. The molecule has 1 aromatic rings. The molecule has 2 nitrogen and oxygen atoms in total. The lowest BCUT2D eigenvalue weighted by Gasteiger charge is -2.25. The van der Waals surface area contributed by atoms with E-state index in [4.69, 9.17) is 4.74 Å². The summed E-state index contributed by atoms with van der Waals surface area (Å²) in [7, 11) is 0. The minimum atomic E-state index is 0.187.